The van der Waals surface area contributed by atoms with E-state index in [2.05, 4.69) is 15.9 Å². The molecule has 0 aliphatic carbocycles. The molecule has 1 N–H and O–H groups in total. The molecule has 1 aromatic rings. The van der Waals surface area contributed by atoms with Crippen molar-refractivity contribution in [2.75, 3.05) is 18.4 Å². The molecule has 0 spiro atoms. The number of alkyl halides is 1. The molecule has 2 rings (SSSR count). The first-order valence-electron chi connectivity index (χ1n) is 6.00. The number of hydrogen-bond donors (Lipinski definition) is 1. The number of hydrogen-bond acceptors (Lipinski definition) is 3. The lowest BCUT2D eigenvalue weighted by atomic mass is 10.1. The maximum Gasteiger partial charge on any atom is 0.257 e. The molecular formula is C13H15BrClNO3. The van der Waals surface area contributed by atoms with Crippen molar-refractivity contribution in [3.05, 3.63) is 28.8 Å². The van der Waals surface area contributed by atoms with Gasteiger partial charge >= 0.3 is 0 Å². The van der Waals surface area contributed by atoms with E-state index in [0.29, 0.717) is 23.4 Å². The summed E-state index contributed by atoms with van der Waals surface area (Å²) in [6.45, 7) is 2.93. The molecule has 19 heavy (non-hydrogen) atoms. The van der Waals surface area contributed by atoms with Crippen molar-refractivity contribution in [1.29, 1.82) is 0 Å². The molecule has 1 aliphatic heterocycles. The lowest BCUT2D eigenvalue weighted by Gasteiger charge is -2.36. The van der Waals surface area contributed by atoms with E-state index in [0.717, 1.165) is 0 Å². The Morgan fingerprint density at radius 3 is 3.00 bits per heavy atom. The second-order valence-electron chi connectivity index (χ2n) is 4.59. The lowest BCUT2D eigenvalue weighted by Crippen LogP contribution is -2.49. The van der Waals surface area contributed by atoms with E-state index in [-0.39, 0.29) is 29.4 Å². The third-order valence-corrected chi connectivity index (χ3v) is 3.93. The van der Waals surface area contributed by atoms with E-state index in [1.807, 2.05) is 6.92 Å². The van der Waals surface area contributed by atoms with Gasteiger partial charge in [0, 0.05) is 23.4 Å². The molecule has 1 amide bonds. The summed E-state index contributed by atoms with van der Waals surface area (Å²) in [7, 11) is 0. The van der Waals surface area contributed by atoms with Gasteiger partial charge < -0.3 is 14.7 Å². The van der Waals surface area contributed by atoms with Crippen LogP contribution in [0.15, 0.2) is 18.2 Å². The van der Waals surface area contributed by atoms with E-state index in [4.69, 9.17) is 16.3 Å². The van der Waals surface area contributed by atoms with Crippen LogP contribution in [0.5, 0.6) is 5.75 Å². The van der Waals surface area contributed by atoms with Crippen molar-refractivity contribution >= 4 is 33.4 Å². The first kappa shape index (κ1) is 14.6. The van der Waals surface area contributed by atoms with E-state index < -0.39 is 0 Å². The smallest absolute Gasteiger partial charge is 0.257 e. The number of phenols is 1. The molecular weight excluding hydrogens is 334 g/mol. The van der Waals surface area contributed by atoms with Crippen LogP contribution >= 0.6 is 27.5 Å². The summed E-state index contributed by atoms with van der Waals surface area (Å²) in [6.07, 6.45) is -0.0596. The van der Waals surface area contributed by atoms with Gasteiger partial charge in [-0.25, -0.2) is 0 Å². The van der Waals surface area contributed by atoms with E-state index in [9.17, 15) is 9.90 Å². The minimum atomic E-state index is -0.221. The van der Waals surface area contributed by atoms with E-state index >= 15 is 0 Å². The zero-order valence-corrected chi connectivity index (χ0v) is 12.8. The largest absolute Gasteiger partial charge is 0.507 e. The SMILES string of the molecule is CC1CN(C(=O)c2cc(Cl)ccc2O)CC(CBr)O1. The molecule has 1 saturated heterocycles. The van der Waals surface area contributed by atoms with Gasteiger partial charge in [-0.2, -0.15) is 0 Å². The summed E-state index contributed by atoms with van der Waals surface area (Å²) in [4.78, 5) is 14.1. The van der Waals surface area contributed by atoms with Crippen LogP contribution in [0, 0.1) is 0 Å². The molecule has 1 aromatic carbocycles. The molecule has 1 fully saturated rings. The summed E-state index contributed by atoms with van der Waals surface area (Å²) in [5.74, 6) is -0.273. The van der Waals surface area contributed by atoms with Crippen LogP contribution in [0.2, 0.25) is 5.02 Å². The predicted molar refractivity (Wildman–Crippen MR) is 77.1 cm³/mol. The molecule has 0 saturated carbocycles. The number of rotatable bonds is 2. The van der Waals surface area contributed by atoms with Crippen molar-refractivity contribution in [3.63, 3.8) is 0 Å². The fourth-order valence-corrected chi connectivity index (χ4v) is 2.68. The normalized spacial score (nSPS) is 23.4. The minimum Gasteiger partial charge on any atom is -0.507 e. The summed E-state index contributed by atoms with van der Waals surface area (Å²) < 4.78 is 5.68. The van der Waals surface area contributed by atoms with Crippen LogP contribution in [0.3, 0.4) is 0 Å². The van der Waals surface area contributed by atoms with Crippen molar-refractivity contribution < 1.29 is 14.6 Å². The van der Waals surface area contributed by atoms with Crippen molar-refractivity contribution in [3.8, 4) is 5.75 Å². The molecule has 1 heterocycles. The number of carbonyl (C=O) groups is 1. The maximum atomic E-state index is 12.4. The molecule has 104 valence electrons. The highest BCUT2D eigenvalue weighted by atomic mass is 79.9. The van der Waals surface area contributed by atoms with Crippen LogP contribution in [-0.4, -0.2) is 46.5 Å². The van der Waals surface area contributed by atoms with Crippen LogP contribution in [0.4, 0.5) is 0 Å². The van der Waals surface area contributed by atoms with Gasteiger partial charge in [0.05, 0.1) is 17.8 Å². The van der Waals surface area contributed by atoms with Gasteiger partial charge in [-0.05, 0) is 25.1 Å². The van der Waals surface area contributed by atoms with Gasteiger partial charge in [-0.15, -0.1) is 0 Å². The number of phenolic OH excluding ortho intramolecular Hbond substituents is 1. The number of aromatic hydroxyl groups is 1. The average Bonchev–Trinajstić information content (AvgIpc) is 2.40. The highest BCUT2D eigenvalue weighted by Gasteiger charge is 2.29. The molecule has 0 radical (unpaired) electrons. The van der Waals surface area contributed by atoms with Crippen molar-refractivity contribution in [2.45, 2.75) is 19.1 Å². The Labute approximate surface area is 125 Å². The highest BCUT2D eigenvalue weighted by Crippen LogP contribution is 2.24. The fourth-order valence-electron chi connectivity index (χ4n) is 2.15. The number of ether oxygens (including phenoxy) is 1. The van der Waals surface area contributed by atoms with Crippen molar-refractivity contribution in [1.82, 2.24) is 4.90 Å². The third-order valence-electron chi connectivity index (χ3n) is 2.97. The first-order chi connectivity index (χ1) is 9.01. The van der Waals surface area contributed by atoms with Gasteiger partial charge in [-0.1, -0.05) is 27.5 Å². The van der Waals surface area contributed by atoms with Crippen molar-refractivity contribution in [2.24, 2.45) is 0 Å². The molecule has 2 atom stereocenters. The Morgan fingerprint density at radius 1 is 1.58 bits per heavy atom. The first-order valence-corrected chi connectivity index (χ1v) is 7.50. The molecule has 0 bridgehead atoms. The van der Waals surface area contributed by atoms with Crippen LogP contribution < -0.4 is 0 Å². The monoisotopic (exact) mass is 347 g/mol. The molecule has 6 heteroatoms. The fraction of sp³-hybridized carbons (Fsp3) is 0.462. The molecule has 4 nitrogen and oxygen atoms in total. The molecule has 0 aromatic heterocycles. The Bertz CT molecular complexity index is 483. The quantitative estimate of drug-likeness (QED) is 0.836. The number of halogens is 2. The zero-order chi connectivity index (χ0) is 14.0. The number of nitrogens with zero attached hydrogens (tertiary/aromatic N) is 1. The highest BCUT2D eigenvalue weighted by molar-refractivity contribution is 9.09. The molecule has 1 aliphatic rings. The lowest BCUT2D eigenvalue weighted by molar-refractivity contribution is -0.0560. The Kier molecular flexibility index (Phi) is 4.71. The van der Waals surface area contributed by atoms with Gasteiger partial charge in [0.15, 0.2) is 0 Å². The van der Waals surface area contributed by atoms with Crippen LogP contribution in [-0.2, 0) is 4.74 Å². The van der Waals surface area contributed by atoms with Gasteiger partial charge in [-0.3, -0.25) is 4.79 Å². The van der Waals surface area contributed by atoms with E-state index in [1.165, 1.54) is 12.1 Å². The van der Waals surface area contributed by atoms with Gasteiger partial charge in [0.1, 0.15) is 5.75 Å². The topological polar surface area (TPSA) is 49.8 Å². The van der Waals surface area contributed by atoms with Gasteiger partial charge in [0.25, 0.3) is 5.91 Å². The average molecular weight is 349 g/mol. The zero-order valence-electron chi connectivity index (χ0n) is 10.5. The van der Waals surface area contributed by atoms with E-state index in [1.54, 1.807) is 11.0 Å². The summed E-state index contributed by atoms with van der Waals surface area (Å²) >= 11 is 9.23. The van der Waals surface area contributed by atoms with Gasteiger partial charge in [0.2, 0.25) is 0 Å². The summed E-state index contributed by atoms with van der Waals surface area (Å²) in [6, 6.07) is 4.47. The Hall–Kier alpha value is -0.780. The number of benzene rings is 1. The number of carbonyl (C=O) groups excluding carboxylic acids is 1. The molecule has 2 unspecified atom stereocenters. The Morgan fingerprint density at radius 2 is 2.32 bits per heavy atom. The number of morpholine rings is 1. The predicted octanol–water partition coefficient (Wildman–Crippen LogP) is 2.67. The summed E-state index contributed by atoms with van der Waals surface area (Å²) in [5.41, 5.74) is 0.231. The van der Waals surface area contributed by atoms with Crippen LogP contribution in [0.1, 0.15) is 17.3 Å². The van der Waals surface area contributed by atoms with Crippen LogP contribution in [0.25, 0.3) is 0 Å². The second kappa shape index (κ2) is 6.11. The summed E-state index contributed by atoms with van der Waals surface area (Å²) in [5, 5.41) is 10.9. The second-order valence-corrected chi connectivity index (χ2v) is 5.68. The standard InChI is InChI=1S/C13H15BrClNO3/c1-8-6-16(7-10(5-14)19-8)13(18)11-4-9(15)2-3-12(11)17/h2-4,8,10,17H,5-7H2,1H3. The maximum absolute atomic E-state index is 12.4. The minimum absolute atomic E-state index is 0.0263. The number of amides is 1. The third kappa shape index (κ3) is 3.41. The Balaban J connectivity index is 2.21.